The smallest absolute Gasteiger partial charge is 0.270 e. The van der Waals surface area contributed by atoms with Crippen LogP contribution in [0.5, 0.6) is 5.75 Å². The molecule has 0 fully saturated rings. The third-order valence-corrected chi connectivity index (χ3v) is 5.93. The van der Waals surface area contributed by atoms with Crippen molar-refractivity contribution in [2.45, 2.75) is 45.8 Å². The molecule has 0 saturated carbocycles. The fourth-order valence-corrected chi connectivity index (χ4v) is 4.17. The van der Waals surface area contributed by atoms with Crippen molar-refractivity contribution in [1.82, 2.24) is 15.2 Å². The zero-order valence-electron chi connectivity index (χ0n) is 18.6. The third kappa shape index (κ3) is 7.43. The molecular formula is C25H30FN3O2S. The predicted octanol–water partition coefficient (Wildman–Crippen LogP) is 5.41. The van der Waals surface area contributed by atoms with Gasteiger partial charge in [-0.05, 0) is 41.8 Å². The van der Waals surface area contributed by atoms with Gasteiger partial charge in [-0.25, -0.2) is 9.37 Å². The first kappa shape index (κ1) is 23.9. The molecule has 1 aromatic heterocycles. The molecule has 0 saturated heterocycles. The van der Waals surface area contributed by atoms with Crippen LogP contribution in [0.3, 0.4) is 0 Å². The molecule has 0 aliphatic rings. The molecular weight excluding hydrogens is 425 g/mol. The molecule has 0 radical (unpaired) electrons. The van der Waals surface area contributed by atoms with Gasteiger partial charge in [0.25, 0.3) is 5.91 Å². The summed E-state index contributed by atoms with van der Waals surface area (Å²) in [5, 5.41) is 5.63. The van der Waals surface area contributed by atoms with E-state index >= 15 is 0 Å². The molecule has 5 nitrogen and oxygen atoms in total. The largest absolute Gasteiger partial charge is 0.497 e. The van der Waals surface area contributed by atoms with Gasteiger partial charge in [0.1, 0.15) is 22.3 Å². The Morgan fingerprint density at radius 2 is 1.69 bits per heavy atom. The van der Waals surface area contributed by atoms with E-state index < -0.39 is 0 Å². The lowest BCUT2D eigenvalue weighted by molar-refractivity contribution is 0.0948. The van der Waals surface area contributed by atoms with Crippen LogP contribution in [0.1, 0.15) is 52.8 Å². The van der Waals surface area contributed by atoms with Crippen LogP contribution in [0.2, 0.25) is 0 Å². The number of ether oxygens (including phenoxy) is 1. The zero-order valence-corrected chi connectivity index (χ0v) is 19.5. The number of unbranched alkanes of at least 4 members (excludes halogenated alkanes) is 2. The van der Waals surface area contributed by atoms with E-state index in [1.807, 2.05) is 29.6 Å². The van der Waals surface area contributed by atoms with E-state index in [1.54, 1.807) is 19.2 Å². The van der Waals surface area contributed by atoms with E-state index in [-0.39, 0.29) is 11.7 Å². The highest BCUT2D eigenvalue weighted by Crippen LogP contribution is 2.19. The second-order valence-electron chi connectivity index (χ2n) is 7.71. The number of nitrogens with zero attached hydrogens (tertiary/aromatic N) is 2. The molecule has 0 atom stereocenters. The minimum absolute atomic E-state index is 0.121. The summed E-state index contributed by atoms with van der Waals surface area (Å²) in [6.45, 7) is 4.74. The number of nitrogens with one attached hydrogen (secondary N) is 1. The van der Waals surface area contributed by atoms with Crippen molar-refractivity contribution in [2.75, 3.05) is 13.7 Å². The van der Waals surface area contributed by atoms with E-state index in [4.69, 9.17) is 4.74 Å². The van der Waals surface area contributed by atoms with Crippen molar-refractivity contribution in [3.63, 3.8) is 0 Å². The Kier molecular flexibility index (Phi) is 9.19. The van der Waals surface area contributed by atoms with Crippen LogP contribution in [0.15, 0.2) is 53.9 Å². The molecule has 0 bridgehead atoms. The summed E-state index contributed by atoms with van der Waals surface area (Å²) in [6.07, 6.45) is 3.20. The molecule has 1 heterocycles. The van der Waals surface area contributed by atoms with Crippen LogP contribution >= 0.6 is 11.3 Å². The number of methoxy groups -OCH3 is 1. The SMILES string of the molecule is CCCCCNC(=O)c1csc(CN(Cc2ccc(F)cc2)Cc2ccc(OC)cc2)n1. The van der Waals surface area contributed by atoms with Gasteiger partial charge < -0.3 is 10.1 Å². The second-order valence-corrected chi connectivity index (χ2v) is 8.65. The maximum Gasteiger partial charge on any atom is 0.270 e. The summed E-state index contributed by atoms with van der Waals surface area (Å²) in [6, 6.07) is 14.5. The van der Waals surface area contributed by atoms with Crippen LogP contribution in [-0.2, 0) is 19.6 Å². The Morgan fingerprint density at radius 3 is 2.31 bits per heavy atom. The summed E-state index contributed by atoms with van der Waals surface area (Å²) in [4.78, 5) is 19.1. The van der Waals surface area contributed by atoms with Gasteiger partial charge in [-0.3, -0.25) is 9.69 Å². The van der Waals surface area contributed by atoms with Crippen LogP contribution in [0.25, 0.3) is 0 Å². The molecule has 0 unspecified atom stereocenters. The average molecular weight is 456 g/mol. The lowest BCUT2D eigenvalue weighted by Gasteiger charge is -2.21. The minimum Gasteiger partial charge on any atom is -0.497 e. The maximum atomic E-state index is 13.3. The van der Waals surface area contributed by atoms with E-state index in [0.717, 1.165) is 41.1 Å². The van der Waals surface area contributed by atoms with Gasteiger partial charge in [0.05, 0.1) is 13.7 Å². The summed E-state index contributed by atoms with van der Waals surface area (Å²) in [7, 11) is 1.65. The third-order valence-electron chi connectivity index (χ3n) is 5.09. The van der Waals surface area contributed by atoms with Crippen molar-refractivity contribution >= 4 is 17.2 Å². The molecule has 32 heavy (non-hydrogen) atoms. The van der Waals surface area contributed by atoms with Gasteiger partial charge in [0.15, 0.2) is 0 Å². The molecule has 1 N–H and O–H groups in total. The van der Waals surface area contributed by atoms with Crippen LogP contribution in [0.4, 0.5) is 4.39 Å². The van der Waals surface area contributed by atoms with Gasteiger partial charge >= 0.3 is 0 Å². The van der Waals surface area contributed by atoms with Crippen molar-refractivity contribution in [1.29, 1.82) is 0 Å². The Hall–Kier alpha value is -2.77. The number of halogens is 1. The van der Waals surface area contributed by atoms with Crippen LogP contribution in [0, 0.1) is 5.82 Å². The molecule has 7 heteroatoms. The first-order valence-electron chi connectivity index (χ1n) is 10.9. The van der Waals surface area contributed by atoms with Crippen LogP contribution in [-0.4, -0.2) is 29.4 Å². The van der Waals surface area contributed by atoms with Crippen molar-refractivity contribution in [2.24, 2.45) is 0 Å². The first-order valence-corrected chi connectivity index (χ1v) is 11.8. The lowest BCUT2D eigenvalue weighted by Crippen LogP contribution is -2.25. The standard InChI is InChI=1S/C25H30FN3O2S/c1-3-4-5-14-27-25(30)23-18-32-24(28-23)17-29(15-19-6-10-21(26)11-7-19)16-20-8-12-22(31-2)13-9-20/h6-13,18H,3-5,14-17H2,1-2H3,(H,27,30). The maximum absolute atomic E-state index is 13.3. The van der Waals surface area contributed by atoms with Gasteiger partial charge in [-0.2, -0.15) is 0 Å². The molecule has 0 aliphatic heterocycles. The number of hydrogen-bond acceptors (Lipinski definition) is 5. The molecule has 0 spiro atoms. The van der Waals surface area contributed by atoms with E-state index in [2.05, 4.69) is 22.1 Å². The van der Waals surface area contributed by atoms with Crippen molar-refractivity contribution < 1.29 is 13.9 Å². The van der Waals surface area contributed by atoms with Gasteiger partial charge in [0.2, 0.25) is 0 Å². The summed E-state index contributed by atoms with van der Waals surface area (Å²) >= 11 is 1.49. The molecule has 170 valence electrons. The van der Waals surface area contributed by atoms with Crippen LogP contribution < -0.4 is 10.1 Å². The zero-order chi connectivity index (χ0) is 22.8. The highest BCUT2D eigenvalue weighted by atomic mass is 32.1. The van der Waals surface area contributed by atoms with Gasteiger partial charge in [-0.15, -0.1) is 11.3 Å². The fourth-order valence-electron chi connectivity index (χ4n) is 3.35. The highest BCUT2D eigenvalue weighted by Gasteiger charge is 2.14. The normalized spacial score (nSPS) is 11.0. The second kappa shape index (κ2) is 12.3. The molecule has 1 amide bonds. The number of carbonyl (C=O) groups excluding carboxylic acids is 1. The van der Waals surface area contributed by atoms with E-state index in [0.29, 0.717) is 31.9 Å². The topological polar surface area (TPSA) is 54.5 Å². The van der Waals surface area contributed by atoms with Crippen molar-refractivity contribution in [3.05, 3.63) is 81.6 Å². The molecule has 2 aromatic carbocycles. The number of rotatable bonds is 12. The van der Waals surface area contributed by atoms with Crippen molar-refractivity contribution in [3.8, 4) is 5.75 Å². The number of benzene rings is 2. The fraction of sp³-hybridized carbons (Fsp3) is 0.360. The monoisotopic (exact) mass is 455 g/mol. The lowest BCUT2D eigenvalue weighted by atomic mass is 10.1. The van der Waals surface area contributed by atoms with E-state index in [1.165, 1.54) is 23.5 Å². The number of hydrogen-bond donors (Lipinski definition) is 1. The average Bonchev–Trinajstić information content (AvgIpc) is 3.27. The number of amides is 1. The Labute approximate surface area is 193 Å². The Morgan fingerprint density at radius 1 is 1.03 bits per heavy atom. The van der Waals surface area contributed by atoms with Gasteiger partial charge in [0, 0.05) is 25.0 Å². The first-order chi connectivity index (χ1) is 15.6. The molecule has 3 rings (SSSR count). The number of carbonyl (C=O) groups is 1. The summed E-state index contributed by atoms with van der Waals surface area (Å²) in [5.41, 5.74) is 2.62. The number of thiazole rings is 1. The Bertz CT molecular complexity index is 974. The molecule has 3 aromatic rings. The summed E-state index contributed by atoms with van der Waals surface area (Å²) in [5.74, 6) is 0.446. The van der Waals surface area contributed by atoms with E-state index in [9.17, 15) is 9.18 Å². The Balaban J connectivity index is 1.68. The predicted molar refractivity (Wildman–Crippen MR) is 126 cm³/mol. The molecule has 0 aliphatic carbocycles. The number of aromatic nitrogens is 1. The minimum atomic E-state index is -0.245. The summed E-state index contributed by atoms with van der Waals surface area (Å²) < 4.78 is 18.6. The quantitative estimate of drug-likeness (QED) is 0.371. The highest BCUT2D eigenvalue weighted by molar-refractivity contribution is 7.09. The van der Waals surface area contributed by atoms with Gasteiger partial charge in [-0.1, -0.05) is 44.0 Å².